The van der Waals surface area contributed by atoms with Gasteiger partial charge < -0.3 is 0 Å². The first-order chi connectivity index (χ1) is 6.67. The fraction of sp³-hybridized carbons (Fsp3) is 0.923. The molecule has 0 spiro atoms. The lowest BCUT2D eigenvalue weighted by Crippen LogP contribution is -2.21. The first-order valence-corrected chi connectivity index (χ1v) is 6.19. The summed E-state index contributed by atoms with van der Waals surface area (Å²) in [6.45, 7) is 8.71. The van der Waals surface area contributed by atoms with Gasteiger partial charge in [0.2, 0.25) is 0 Å². The molecule has 0 aliphatic carbocycles. The van der Waals surface area contributed by atoms with Crippen molar-refractivity contribution in [1.29, 1.82) is 0 Å². The second-order valence-corrected chi connectivity index (χ2v) is 4.35. The first-order valence-electron chi connectivity index (χ1n) is 6.19. The van der Waals surface area contributed by atoms with Gasteiger partial charge in [0.05, 0.1) is 0 Å². The Morgan fingerprint density at radius 3 is 2.21 bits per heavy atom. The van der Waals surface area contributed by atoms with Crippen LogP contribution in [0.2, 0.25) is 0 Å². The zero-order valence-corrected chi connectivity index (χ0v) is 10.3. The van der Waals surface area contributed by atoms with Gasteiger partial charge in [0.1, 0.15) is 5.78 Å². The monoisotopic (exact) mass is 198 g/mol. The Kier molecular flexibility index (Phi) is 7.83. The van der Waals surface area contributed by atoms with E-state index in [-0.39, 0.29) is 0 Å². The number of rotatable bonds is 8. The van der Waals surface area contributed by atoms with Gasteiger partial charge in [-0.15, -0.1) is 0 Å². The predicted molar refractivity (Wildman–Crippen MR) is 62.4 cm³/mol. The van der Waals surface area contributed by atoms with Crippen molar-refractivity contribution < 1.29 is 4.79 Å². The normalized spacial score (nSPS) is 15.1. The van der Waals surface area contributed by atoms with E-state index in [4.69, 9.17) is 0 Å². The van der Waals surface area contributed by atoms with Gasteiger partial charge in [0.25, 0.3) is 0 Å². The van der Waals surface area contributed by atoms with Crippen molar-refractivity contribution in [3.05, 3.63) is 0 Å². The molecule has 1 heteroatoms. The molecule has 0 aromatic rings. The quantitative estimate of drug-likeness (QED) is 0.571. The molecule has 84 valence electrons. The lowest BCUT2D eigenvalue weighted by atomic mass is 9.83. The number of hydrogen-bond donors (Lipinski definition) is 0. The molecule has 0 heterocycles. The largest absolute Gasteiger partial charge is 0.299 e. The Balaban J connectivity index is 4.10. The Labute approximate surface area is 89.3 Å². The standard InChI is InChI=1S/C13H26O/c1-5-8-10-13(14)12(9-6-2)11(4)7-3/h11-12H,5-10H2,1-4H3. The van der Waals surface area contributed by atoms with E-state index in [0.717, 1.165) is 38.5 Å². The molecule has 0 saturated carbocycles. The van der Waals surface area contributed by atoms with E-state index in [1.54, 1.807) is 0 Å². The molecule has 0 rings (SSSR count). The van der Waals surface area contributed by atoms with Crippen molar-refractivity contribution in [2.24, 2.45) is 11.8 Å². The molecule has 0 saturated heterocycles. The van der Waals surface area contributed by atoms with Gasteiger partial charge in [-0.3, -0.25) is 4.79 Å². The van der Waals surface area contributed by atoms with Crippen molar-refractivity contribution >= 4 is 5.78 Å². The van der Waals surface area contributed by atoms with Crippen LogP contribution in [0.1, 0.15) is 66.2 Å². The van der Waals surface area contributed by atoms with Gasteiger partial charge in [-0.1, -0.05) is 47.0 Å². The number of unbranched alkanes of at least 4 members (excludes halogenated alkanes) is 1. The van der Waals surface area contributed by atoms with E-state index in [0.29, 0.717) is 17.6 Å². The zero-order chi connectivity index (χ0) is 11.0. The van der Waals surface area contributed by atoms with Gasteiger partial charge in [-0.25, -0.2) is 0 Å². The molecule has 0 amide bonds. The average molecular weight is 198 g/mol. The van der Waals surface area contributed by atoms with E-state index in [1.807, 2.05) is 0 Å². The molecule has 0 radical (unpaired) electrons. The third-order valence-electron chi connectivity index (χ3n) is 3.12. The fourth-order valence-corrected chi connectivity index (χ4v) is 1.89. The van der Waals surface area contributed by atoms with Crippen LogP contribution in [-0.2, 0) is 4.79 Å². The summed E-state index contributed by atoms with van der Waals surface area (Å²) in [5, 5.41) is 0. The number of carbonyl (C=O) groups excluding carboxylic acids is 1. The molecule has 1 nitrogen and oxygen atoms in total. The van der Waals surface area contributed by atoms with Crippen molar-refractivity contribution in [2.75, 3.05) is 0 Å². The van der Waals surface area contributed by atoms with Crippen LogP contribution in [0, 0.1) is 11.8 Å². The van der Waals surface area contributed by atoms with Crippen LogP contribution < -0.4 is 0 Å². The SMILES string of the molecule is CCCCC(=O)C(CCC)C(C)CC. The molecule has 0 aliphatic rings. The molecule has 14 heavy (non-hydrogen) atoms. The highest BCUT2D eigenvalue weighted by Crippen LogP contribution is 2.23. The lowest BCUT2D eigenvalue weighted by Gasteiger charge is -2.21. The molecular formula is C13H26O. The lowest BCUT2D eigenvalue weighted by molar-refractivity contribution is -0.124. The summed E-state index contributed by atoms with van der Waals surface area (Å²) >= 11 is 0. The van der Waals surface area contributed by atoms with Crippen LogP contribution in [0.15, 0.2) is 0 Å². The van der Waals surface area contributed by atoms with E-state index in [2.05, 4.69) is 27.7 Å². The van der Waals surface area contributed by atoms with E-state index < -0.39 is 0 Å². The summed E-state index contributed by atoms with van der Waals surface area (Å²) < 4.78 is 0. The van der Waals surface area contributed by atoms with Gasteiger partial charge in [0.15, 0.2) is 0 Å². The summed E-state index contributed by atoms with van der Waals surface area (Å²) in [7, 11) is 0. The fourth-order valence-electron chi connectivity index (χ4n) is 1.89. The molecular weight excluding hydrogens is 172 g/mol. The summed E-state index contributed by atoms with van der Waals surface area (Å²) in [6.07, 6.45) is 6.33. The molecule has 0 aromatic heterocycles. The smallest absolute Gasteiger partial charge is 0.136 e. The molecule has 0 bridgehead atoms. The van der Waals surface area contributed by atoms with Gasteiger partial charge in [0, 0.05) is 12.3 Å². The van der Waals surface area contributed by atoms with Crippen LogP contribution in [0.4, 0.5) is 0 Å². The average Bonchev–Trinajstić information content (AvgIpc) is 2.21. The van der Waals surface area contributed by atoms with Gasteiger partial charge >= 0.3 is 0 Å². The Morgan fingerprint density at radius 2 is 1.79 bits per heavy atom. The van der Waals surface area contributed by atoms with Crippen LogP contribution in [0.3, 0.4) is 0 Å². The molecule has 0 N–H and O–H groups in total. The van der Waals surface area contributed by atoms with Gasteiger partial charge in [-0.2, -0.15) is 0 Å². The van der Waals surface area contributed by atoms with Crippen molar-refractivity contribution in [3.63, 3.8) is 0 Å². The van der Waals surface area contributed by atoms with Crippen LogP contribution >= 0.6 is 0 Å². The van der Waals surface area contributed by atoms with Crippen molar-refractivity contribution in [3.8, 4) is 0 Å². The number of ketones is 1. The Hall–Kier alpha value is -0.330. The Morgan fingerprint density at radius 1 is 1.14 bits per heavy atom. The van der Waals surface area contributed by atoms with Crippen molar-refractivity contribution in [2.45, 2.75) is 66.2 Å². The molecule has 0 aromatic carbocycles. The predicted octanol–water partition coefficient (Wildman–Crippen LogP) is 4.21. The summed E-state index contributed by atoms with van der Waals surface area (Å²) in [4.78, 5) is 11.9. The van der Waals surface area contributed by atoms with Crippen LogP contribution in [0.5, 0.6) is 0 Å². The second kappa shape index (κ2) is 8.02. The Bertz CT molecular complexity index is 151. The third kappa shape index (κ3) is 4.78. The van der Waals surface area contributed by atoms with Gasteiger partial charge in [-0.05, 0) is 18.8 Å². The highest BCUT2D eigenvalue weighted by molar-refractivity contribution is 5.81. The van der Waals surface area contributed by atoms with E-state index in [1.165, 1.54) is 0 Å². The number of hydrogen-bond acceptors (Lipinski definition) is 1. The summed E-state index contributed by atoms with van der Waals surface area (Å²) in [5.74, 6) is 1.40. The van der Waals surface area contributed by atoms with Crippen molar-refractivity contribution in [1.82, 2.24) is 0 Å². The zero-order valence-electron chi connectivity index (χ0n) is 10.3. The highest BCUT2D eigenvalue weighted by atomic mass is 16.1. The molecule has 2 atom stereocenters. The maximum absolute atomic E-state index is 11.9. The van der Waals surface area contributed by atoms with E-state index >= 15 is 0 Å². The topological polar surface area (TPSA) is 17.1 Å². The van der Waals surface area contributed by atoms with Crippen LogP contribution in [0.25, 0.3) is 0 Å². The summed E-state index contributed by atoms with van der Waals surface area (Å²) in [6, 6.07) is 0. The molecule has 0 aliphatic heterocycles. The van der Waals surface area contributed by atoms with E-state index in [9.17, 15) is 4.79 Å². The minimum absolute atomic E-state index is 0.330. The molecule has 2 unspecified atom stereocenters. The maximum atomic E-state index is 11.9. The summed E-state index contributed by atoms with van der Waals surface area (Å²) in [5.41, 5.74) is 0. The number of carbonyl (C=O) groups is 1. The maximum Gasteiger partial charge on any atom is 0.136 e. The first kappa shape index (κ1) is 13.7. The minimum Gasteiger partial charge on any atom is -0.299 e. The third-order valence-corrected chi connectivity index (χ3v) is 3.12. The minimum atomic E-state index is 0.330. The number of Topliss-reactive ketones (excluding diaryl/α,β-unsaturated/α-hetero) is 1. The second-order valence-electron chi connectivity index (χ2n) is 4.35. The van der Waals surface area contributed by atoms with Crippen LogP contribution in [-0.4, -0.2) is 5.78 Å². The highest BCUT2D eigenvalue weighted by Gasteiger charge is 2.21. The molecule has 0 fully saturated rings.